The quantitative estimate of drug-likeness (QED) is 0.161. The minimum atomic E-state index is -0.495. The molecule has 1 heterocycles. The summed E-state index contributed by atoms with van der Waals surface area (Å²) in [6, 6.07) is 79.3. The summed E-state index contributed by atoms with van der Waals surface area (Å²) in [5.74, 6) is 0.570. The van der Waals surface area contributed by atoms with E-state index in [2.05, 4.69) is 242 Å². The molecule has 3 aliphatic carbocycles. The molecule has 1 aromatic heterocycles. The lowest BCUT2D eigenvalue weighted by atomic mass is 9.70. The number of nitrogens with zero attached hydrogens (tertiary/aromatic N) is 1. The van der Waals surface area contributed by atoms with Gasteiger partial charge in [0.1, 0.15) is 0 Å². The lowest BCUT2D eigenvalue weighted by molar-refractivity contribution is 0.628. The van der Waals surface area contributed by atoms with Crippen LogP contribution in [0.5, 0.6) is 0 Å². The number of rotatable bonds is 6. The highest BCUT2D eigenvalue weighted by atomic mass is 32.1. The maximum absolute atomic E-state index is 2.56. The molecular weight excluding hydrogens is 791 g/mol. The molecule has 64 heavy (non-hydrogen) atoms. The fourth-order valence-corrected chi connectivity index (χ4v) is 12.7. The van der Waals surface area contributed by atoms with E-state index in [1.807, 2.05) is 11.3 Å². The van der Waals surface area contributed by atoms with Gasteiger partial charge in [0.05, 0.1) is 11.1 Å². The highest BCUT2D eigenvalue weighted by Gasteiger charge is 2.52. The Balaban J connectivity index is 1.05. The van der Waals surface area contributed by atoms with Crippen molar-refractivity contribution in [3.05, 3.63) is 264 Å². The lowest BCUT2D eigenvalue weighted by Crippen LogP contribution is -2.26. The van der Waals surface area contributed by atoms with E-state index < -0.39 is 5.41 Å². The van der Waals surface area contributed by atoms with Crippen molar-refractivity contribution < 1.29 is 0 Å². The van der Waals surface area contributed by atoms with Gasteiger partial charge >= 0.3 is 0 Å². The molecule has 302 valence electrons. The lowest BCUT2D eigenvalue weighted by Gasteiger charge is -2.34. The Morgan fingerprint density at radius 3 is 1.95 bits per heavy atom. The number of anilines is 2. The van der Waals surface area contributed by atoms with Crippen molar-refractivity contribution >= 4 is 42.9 Å². The van der Waals surface area contributed by atoms with Gasteiger partial charge in [-0.05, 0) is 109 Å². The Morgan fingerprint density at radius 2 is 1.11 bits per heavy atom. The van der Waals surface area contributed by atoms with E-state index in [1.165, 1.54) is 104 Å². The van der Waals surface area contributed by atoms with Gasteiger partial charge in [-0.25, -0.2) is 0 Å². The average molecular weight is 834 g/mol. The first-order chi connectivity index (χ1) is 31.7. The SMILES string of the molecule is CC1C=C(N(c2cccc(-c3cccc4c3sc3ccccc34)c2)c2cccc3c2-c2ccccc2C32c3ccccc3-c3ccc(-c4ccccc4)cc32)C=CC1c1ccccc1. The molecular formula is C62H43NS. The average Bonchev–Trinajstić information content (AvgIpc) is 3.99. The molecule has 0 N–H and O–H groups in total. The van der Waals surface area contributed by atoms with Crippen LogP contribution in [0, 0.1) is 5.92 Å². The first-order valence-corrected chi connectivity index (χ1v) is 23.3. The Morgan fingerprint density at radius 1 is 0.469 bits per heavy atom. The predicted octanol–water partition coefficient (Wildman–Crippen LogP) is 16.7. The number of hydrogen-bond donors (Lipinski definition) is 0. The third-order valence-electron chi connectivity index (χ3n) is 14.2. The van der Waals surface area contributed by atoms with Crippen LogP contribution in [0.1, 0.15) is 40.7 Å². The van der Waals surface area contributed by atoms with Crippen LogP contribution in [0.25, 0.3) is 64.7 Å². The van der Waals surface area contributed by atoms with Crippen LogP contribution < -0.4 is 4.90 Å². The molecule has 3 atom stereocenters. The fourth-order valence-electron chi connectivity index (χ4n) is 11.4. The van der Waals surface area contributed by atoms with Gasteiger partial charge in [0.15, 0.2) is 0 Å². The summed E-state index contributed by atoms with van der Waals surface area (Å²) in [6.45, 7) is 2.37. The van der Waals surface area contributed by atoms with Crippen LogP contribution in [-0.2, 0) is 5.41 Å². The normalized spacial score (nSPS) is 17.9. The standard InChI is InChI=1S/C62H43NS/c1-40-37-46(34-36-47(40)42-19-6-3-7-20-42)63(45-22-14-21-44(38-45)48-26-15-27-52-51-24-10-13-32-59(51)64-61(48)52)58-31-16-30-56-60(58)53-25-9-12-29-55(53)62(56)54-28-11-8-23-49(54)50-35-33-43(39-57(50)62)41-17-4-2-5-18-41/h2-40,47H,1H3. The monoisotopic (exact) mass is 833 g/mol. The van der Waals surface area contributed by atoms with E-state index in [0.717, 1.165) is 5.69 Å². The van der Waals surface area contributed by atoms with E-state index in [4.69, 9.17) is 0 Å². The van der Waals surface area contributed by atoms with Crippen LogP contribution in [-0.4, -0.2) is 0 Å². The molecule has 13 rings (SSSR count). The highest BCUT2D eigenvalue weighted by molar-refractivity contribution is 7.26. The summed E-state index contributed by atoms with van der Waals surface area (Å²) >= 11 is 1.89. The summed E-state index contributed by atoms with van der Waals surface area (Å²) in [4.78, 5) is 2.56. The molecule has 0 bridgehead atoms. The predicted molar refractivity (Wildman–Crippen MR) is 271 cm³/mol. The molecule has 0 saturated heterocycles. The minimum absolute atomic E-state index is 0.278. The van der Waals surface area contributed by atoms with Crippen LogP contribution in [0.2, 0.25) is 0 Å². The summed E-state index contributed by atoms with van der Waals surface area (Å²) in [6.07, 6.45) is 7.30. The number of thiophene rings is 1. The second-order valence-corrected chi connectivity index (χ2v) is 18.6. The molecule has 3 unspecified atom stereocenters. The van der Waals surface area contributed by atoms with Crippen molar-refractivity contribution in [1.82, 2.24) is 0 Å². The smallest absolute Gasteiger partial charge is 0.0726 e. The van der Waals surface area contributed by atoms with Crippen molar-refractivity contribution in [2.45, 2.75) is 18.3 Å². The van der Waals surface area contributed by atoms with Crippen LogP contribution in [0.15, 0.2) is 236 Å². The maximum Gasteiger partial charge on any atom is 0.0726 e. The number of benzene rings is 9. The summed E-state index contributed by atoms with van der Waals surface area (Å²) in [7, 11) is 0. The first kappa shape index (κ1) is 37.1. The second-order valence-electron chi connectivity index (χ2n) is 17.6. The van der Waals surface area contributed by atoms with Gasteiger partial charge < -0.3 is 4.90 Å². The zero-order valence-corrected chi connectivity index (χ0v) is 36.3. The second kappa shape index (κ2) is 14.5. The molecule has 3 aliphatic rings. The van der Waals surface area contributed by atoms with E-state index in [0.29, 0.717) is 5.92 Å². The number of allylic oxidation sites excluding steroid dienone is 3. The van der Waals surface area contributed by atoms with Crippen LogP contribution in [0.4, 0.5) is 11.4 Å². The van der Waals surface area contributed by atoms with Crippen molar-refractivity contribution in [2.24, 2.45) is 5.92 Å². The van der Waals surface area contributed by atoms with Gasteiger partial charge in [-0.3, -0.25) is 0 Å². The third-order valence-corrected chi connectivity index (χ3v) is 15.4. The first-order valence-electron chi connectivity index (χ1n) is 22.5. The van der Waals surface area contributed by atoms with Crippen molar-refractivity contribution in [1.29, 1.82) is 0 Å². The van der Waals surface area contributed by atoms with Gasteiger partial charge in [-0.2, -0.15) is 0 Å². The van der Waals surface area contributed by atoms with Crippen molar-refractivity contribution in [2.75, 3.05) is 4.90 Å². The molecule has 0 radical (unpaired) electrons. The van der Waals surface area contributed by atoms with Gasteiger partial charge in [-0.15, -0.1) is 11.3 Å². The van der Waals surface area contributed by atoms with E-state index in [-0.39, 0.29) is 5.92 Å². The van der Waals surface area contributed by atoms with E-state index in [9.17, 15) is 0 Å². The Labute approximate surface area is 378 Å². The molecule has 0 aliphatic heterocycles. The summed E-state index contributed by atoms with van der Waals surface area (Å²) in [5.41, 5.74) is 19.9. The topological polar surface area (TPSA) is 3.24 Å². The fraction of sp³-hybridized carbons (Fsp3) is 0.0645. The molecule has 0 amide bonds. The molecule has 9 aromatic carbocycles. The zero-order valence-electron chi connectivity index (χ0n) is 35.4. The number of fused-ring (bicyclic) bond motifs is 13. The third kappa shape index (κ3) is 5.42. The maximum atomic E-state index is 2.56. The molecule has 2 heteroatoms. The summed E-state index contributed by atoms with van der Waals surface area (Å²) in [5, 5.41) is 2.63. The van der Waals surface area contributed by atoms with Gasteiger partial charge in [0.2, 0.25) is 0 Å². The number of hydrogen-bond acceptors (Lipinski definition) is 2. The molecule has 0 fully saturated rings. The molecule has 10 aromatic rings. The molecule has 0 saturated carbocycles. The van der Waals surface area contributed by atoms with Crippen LogP contribution in [0.3, 0.4) is 0 Å². The van der Waals surface area contributed by atoms with E-state index in [1.54, 1.807) is 0 Å². The minimum Gasteiger partial charge on any atom is -0.310 e. The van der Waals surface area contributed by atoms with Gasteiger partial charge in [0, 0.05) is 43.0 Å². The summed E-state index contributed by atoms with van der Waals surface area (Å²) < 4.78 is 2.65. The van der Waals surface area contributed by atoms with E-state index >= 15 is 0 Å². The van der Waals surface area contributed by atoms with Crippen molar-refractivity contribution in [3.8, 4) is 44.5 Å². The Kier molecular flexibility index (Phi) is 8.41. The van der Waals surface area contributed by atoms with Crippen LogP contribution >= 0.6 is 11.3 Å². The zero-order chi connectivity index (χ0) is 42.4. The van der Waals surface area contributed by atoms with Gasteiger partial charge in [-0.1, -0.05) is 201 Å². The highest BCUT2D eigenvalue weighted by Crippen LogP contribution is 2.65. The molecule has 1 spiro atoms. The Bertz CT molecular complexity index is 3540. The molecule has 1 nitrogen and oxygen atoms in total. The Hall–Kier alpha value is -7.52. The largest absolute Gasteiger partial charge is 0.310 e. The van der Waals surface area contributed by atoms with Gasteiger partial charge in [0.25, 0.3) is 0 Å². The van der Waals surface area contributed by atoms with Crippen molar-refractivity contribution in [3.63, 3.8) is 0 Å².